The van der Waals surface area contributed by atoms with Crippen LogP contribution < -0.4 is 10.6 Å². The first-order chi connectivity index (χ1) is 11.0. The van der Waals surface area contributed by atoms with Gasteiger partial charge in [-0.3, -0.25) is 9.59 Å². The van der Waals surface area contributed by atoms with Gasteiger partial charge in [0.1, 0.15) is 9.88 Å². The van der Waals surface area contributed by atoms with Crippen molar-refractivity contribution < 1.29 is 9.59 Å². The molecule has 0 atom stereocenters. The molecule has 1 aromatic carbocycles. The van der Waals surface area contributed by atoms with Crippen LogP contribution in [0.2, 0.25) is 5.02 Å². The summed E-state index contributed by atoms with van der Waals surface area (Å²) in [4.78, 5) is 29.1. The molecular formula is C16H16ClN3O2S. The van der Waals surface area contributed by atoms with Crippen molar-refractivity contribution in [1.29, 1.82) is 0 Å². The number of aromatic nitrogens is 1. The molecule has 0 bridgehead atoms. The standard InChI is InChI=1S/C16H16ClN3O2S/c1-9-15(16(22)19-10-6-7-10)23-14(18-9)8-13(21)20-12-5-3-2-4-11(12)17/h2-5,10H,6-8H2,1H3,(H,19,22)(H,20,21). The number of carbonyl (C=O) groups excluding carboxylic acids is 2. The number of nitrogens with zero attached hydrogens (tertiary/aromatic N) is 1. The summed E-state index contributed by atoms with van der Waals surface area (Å²) in [5.41, 5.74) is 1.23. The molecule has 0 radical (unpaired) electrons. The molecule has 1 fully saturated rings. The Kier molecular flexibility index (Phi) is 4.63. The van der Waals surface area contributed by atoms with Crippen molar-refractivity contribution in [2.75, 3.05) is 5.32 Å². The first-order valence-electron chi connectivity index (χ1n) is 7.34. The van der Waals surface area contributed by atoms with Gasteiger partial charge in [0.05, 0.1) is 22.8 Å². The van der Waals surface area contributed by atoms with Gasteiger partial charge in [0.2, 0.25) is 5.91 Å². The molecule has 0 saturated heterocycles. The molecule has 2 aromatic rings. The summed E-state index contributed by atoms with van der Waals surface area (Å²) in [5.74, 6) is -0.304. The molecule has 2 N–H and O–H groups in total. The Bertz CT molecular complexity index is 756. The Morgan fingerprint density at radius 1 is 1.35 bits per heavy atom. The highest BCUT2D eigenvalue weighted by Gasteiger charge is 2.26. The topological polar surface area (TPSA) is 71.1 Å². The van der Waals surface area contributed by atoms with Gasteiger partial charge in [-0.2, -0.15) is 0 Å². The number of rotatable bonds is 5. The van der Waals surface area contributed by atoms with Crippen molar-refractivity contribution in [2.45, 2.75) is 32.2 Å². The van der Waals surface area contributed by atoms with Crippen LogP contribution in [0.25, 0.3) is 0 Å². The number of benzene rings is 1. The predicted molar refractivity (Wildman–Crippen MR) is 91.1 cm³/mol. The van der Waals surface area contributed by atoms with E-state index in [0.29, 0.717) is 32.3 Å². The number of thiazole rings is 1. The van der Waals surface area contributed by atoms with Gasteiger partial charge >= 0.3 is 0 Å². The van der Waals surface area contributed by atoms with Crippen LogP contribution >= 0.6 is 22.9 Å². The Morgan fingerprint density at radius 2 is 2.09 bits per heavy atom. The third-order valence-corrected chi connectivity index (χ3v) is 4.91. The van der Waals surface area contributed by atoms with E-state index in [1.54, 1.807) is 31.2 Å². The van der Waals surface area contributed by atoms with Gasteiger partial charge in [0.15, 0.2) is 0 Å². The molecule has 1 saturated carbocycles. The summed E-state index contributed by atoms with van der Waals surface area (Å²) in [6.07, 6.45) is 2.20. The quantitative estimate of drug-likeness (QED) is 0.870. The van der Waals surface area contributed by atoms with E-state index in [2.05, 4.69) is 15.6 Å². The molecule has 5 nitrogen and oxygen atoms in total. The molecule has 7 heteroatoms. The van der Waals surface area contributed by atoms with Crippen LogP contribution in [0.1, 0.15) is 33.2 Å². The molecule has 3 rings (SSSR count). The minimum atomic E-state index is -0.207. The van der Waals surface area contributed by atoms with E-state index in [1.807, 2.05) is 0 Å². The maximum atomic E-state index is 12.1. The highest BCUT2D eigenvalue weighted by Crippen LogP contribution is 2.24. The number of carbonyl (C=O) groups is 2. The fraction of sp³-hybridized carbons (Fsp3) is 0.312. The number of hydrogen-bond acceptors (Lipinski definition) is 4. The highest BCUT2D eigenvalue weighted by molar-refractivity contribution is 7.13. The number of amides is 2. The second-order valence-electron chi connectivity index (χ2n) is 5.47. The van der Waals surface area contributed by atoms with E-state index in [4.69, 9.17) is 11.6 Å². The molecule has 1 heterocycles. The number of para-hydroxylation sites is 1. The summed E-state index contributed by atoms with van der Waals surface area (Å²) in [6.45, 7) is 1.79. The maximum Gasteiger partial charge on any atom is 0.263 e. The summed E-state index contributed by atoms with van der Waals surface area (Å²) >= 11 is 7.28. The Balaban J connectivity index is 1.64. The third kappa shape index (κ3) is 4.09. The van der Waals surface area contributed by atoms with Crippen LogP contribution in [0.4, 0.5) is 5.69 Å². The molecule has 23 heavy (non-hydrogen) atoms. The Morgan fingerprint density at radius 3 is 2.78 bits per heavy atom. The molecule has 1 aliphatic rings. The summed E-state index contributed by atoms with van der Waals surface area (Å²) < 4.78 is 0. The first kappa shape index (κ1) is 16.0. The smallest absolute Gasteiger partial charge is 0.263 e. The van der Waals surface area contributed by atoms with Crippen molar-refractivity contribution >= 4 is 40.4 Å². The van der Waals surface area contributed by atoms with E-state index >= 15 is 0 Å². The van der Waals surface area contributed by atoms with Gasteiger partial charge in [-0.1, -0.05) is 23.7 Å². The number of halogens is 1. The van der Waals surface area contributed by atoms with Crippen molar-refractivity contribution in [3.8, 4) is 0 Å². The number of aryl methyl sites for hydroxylation is 1. The van der Waals surface area contributed by atoms with Crippen molar-refractivity contribution in [1.82, 2.24) is 10.3 Å². The second-order valence-corrected chi connectivity index (χ2v) is 6.97. The van der Waals surface area contributed by atoms with Gasteiger partial charge in [0, 0.05) is 6.04 Å². The zero-order valence-electron chi connectivity index (χ0n) is 12.6. The monoisotopic (exact) mass is 349 g/mol. The van der Waals surface area contributed by atoms with Gasteiger partial charge in [0.25, 0.3) is 5.91 Å². The summed E-state index contributed by atoms with van der Waals surface area (Å²) in [6, 6.07) is 7.35. The lowest BCUT2D eigenvalue weighted by Gasteiger charge is -2.05. The normalized spacial score (nSPS) is 13.7. The SMILES string of the molecule is Cc1nc(CC(=O)Nc2ccccc2Cl)sc1C(=O)NC1CC1. The Hall–Kier alpha value is -1.92. The van der Waals surface area contributed by atoms with Crippen LogP contribution in [0, 0.1) is 6.92 Å². The number of nitrogens with one attached hydrogen (secondary N) is 2. The van der Waals surface area contributed by atoms with Crippen LogP contribution in [0.5, 0.6) is 0 Å². The fourth-order valence-electron chi connectivity index (χ4n) is 2.11. The average molecular weight is 350 g/mol. The number of hydrogen-bond donors (Lipinski definition) is 2. The first-order valence-corrected chi connectivity index (χ1v) is 8.54. The van der Waals surface area contributed by atoms with Crippen molar-refractivity contribution in [3.05, 3.63) is 44.9 Å². The van der Waals surface area contributed by atoms with Gasteiger partial charge in [-0.15, -0.1) is 11.3 Å². The van der Waals surface area contributed by atoms with Crippen LogP contribution in [0.15, 0.2) is 24.3 Å². The largest absolute Gasteiger partial charge is 0.349 e. The van der Waals surface area contributed by atoms with Crippen molar-refractivity contribution in [3.63, 3.8) is 0 Å². The van der Waals surface area contributed by atoms with E-state index < -0.39 is 0 Å². The lowest BCUT2D eigenvalue weighted by atomic mass is 10.3. The lowest BCUT2D eigenvalue weighted by molar-refractivity contribution is -0.115. The molecule has 120 valence electrons. The van der Waals surface area contributed by atoms with E-state index in [9.17, 15) is 9.59 Å². The van der Waals surface area contributed by atoms with Gasteiger partial charge < -0.3 is 10.6 Å². The molecule has 1 aromatic heterocycles. The van der Waals surface area contributed by atoms with Crippen LogP contribution in [0.3, 0.4) is 0 Å². The number of anilines is 1. The van der Waals surface area contributed by atoms with E-state index in [1.165, 1.54) is 11.3 Å². The Labute approximate surface area is 143 Å². The zero-order chi connectivity index (χ0) is 16.4. The molecule has 0 unspecified atom stereocenters. The summed E-state index contributed by atoms with van der Waals surface area (Å²) in [7, 11) is 0. The molecular weight excluding hydrogens is 334 g/mol. The van der Waals surface area contributed by atoms with E-state index in [0.717, 1.165) is 12.8 Å². The maximum absolute atomic E-state index is 12.1. The lowest BCUT2D eigenvalue weighted by Crippen LogP contribution is -2.25. The highest BCUT2D eigenvalue weighted by atomic mass is 35.5. The predicted octanol–water partition coefficient (Wildman–Crippen LogP) is 3.18. The minimum absolute atomic E-state index is 0.0970. The molecule has 1 aliphatic carbocycles. The van der Waals surface area contributed by atoms with Crippen molar-refractivity contribution in [2.24, 2.45) is 0 Å². The third-order valence-electron chi connectivity index (χ3n) is 3.42. The second kappa shape index (κ2) is 6.68. The van der Waals surface area contributed by atoms with E-state index in [-0.39, 0.29) is 18.2 Å². The minimum Gasteiger partial charge on any atom is -0.349 e. The molecule has 0 aliphatic heterocycles. The van der Waals surface area contributed by atoms with Crippen LogP contribution in [-0.2, 0) is 11.2 Å². The molecule has 0 spiro atoms. The zero-order valence-corrected chi connectivity index (χ0v) is 14.1. The van der Waals surface area contributed by atoms with Gasteiger partial charge in [-0.05, 0) is 31.9 Å². The average Bonchev–Trinajstić information content (AvgIpc) is 3.23. The summed E-state index contributed by atoms with van der Waals surface area (Å²) in [5, 5.41) is 6.80. The van der Waals surface area contributed by atoms with Crippen LogP contribution in [-0.4, -0.2) is 22.8 Å². The molecule has 2 amide bonds. The van der Waals surface area contributed by atoms with Gasteiger partial charge in [-0.25, -0.2) is 4.98 Å². The fourth-order valence-corrected chi connectivity index (χ4v) is 3.26.